The van der Waals surface area contributed by atoms with Gasteiger partial charge in [0.1, 0.15) is 5.56 Å². The summed E-state index contributed by atoms with van der Waals surface area (Å²) < 4.78 is 15.5. The summed E-state index contributed by atoms with van der Waals surface area (Å²) in [5.41, 5.74) is 0.516. The number of amides is 1. The molecule has 0 heterocycles. The third-order valence-corrected chi connectivity index (χ3v) is 4.63. The first-order valence-electron chi connectivity index (χ1n) is 9.46. The number of benzene rings is 2. The number of nitrogens with one attached hydrogen (secondary N) is 1. The second kappa shape index (κ2) is 10.9. The van der Waals surface area contributed by atoms with Gasteiger partial charge >= 0.3 is 5.69 Å². The van der Waals surface area contributed by atoms with E-state index in [2.05, 4.69) is 10.2 Å². The van der Waals surface area contributed by atoms with Crippen LogP contribution in [-0.2, 0) is 0 Å². The maximum atomic E-state index is 12.6. The Morgan fingerprint density at radius 3 is 2.30 bits per heavy atom. The molecule has 0 radical (unpaired) electrons. The maximum absolute atomic E-state index is 12.6. The number of nitro groups is 1. The molecule has 2 rings (SSSR count). The molecule has 0 atom stereocenters. The van der Waals surface area contributed by atoms with E-state index in [1.54, 1.807) is 0 Å². The Morgan fingerprint density at radius 2 is 1.73 bits per heavy atom. The molecule has 0 aliphatic carbocycles. The van der Waals surface area contributed by atoms with E-state index < -0.39 is 16.5 Å². The zero-order valence-corrected chi connectivity index (χ0v) is 17.6. The number of nitro benzene ring substituents is 1. The van der Waals surface area contributed by atoms with Gasteiger partial charge in [-0.15, -0.1) is 0 Å². The highest BCUT2D eigenvalue weighted by molar-refractivity contribution is 6.00. The van der Waals surface area contributed by atoms with Crippen molar-refractivity contribution >= 4 is 17.3 Å². The average Bonchev–Trinajstić information content (AvgIpc) is 2.77. The summed E-state index contributed by atoms with van der Waals surface area (Å²) >= 11 is 0. The number of methoxy groups -OCH3 is 3. The first-order chi connectivity index (χ1) is 14.4. The Labute approximate surface area is 175 Å². The van der Waals surface area contributed by atoms with Gasteiger partial charge in [-0.25, -0.2) is 0 Å². The molecule has 0 spiro atoms. The van der Waals surface area contributed by atoms with Crippen LogP contribution in [0.3, 0.4) is 0 Å². The Morgan fingerprint density at radius 1 is 1.07 bits per heavy atom. The fourth-order valence-corrected chi connectivity index (χ4v) is 3.08. The number of carbonyl (C=O) groups excluding carboxylic acids is 1. The molecule has 1 N–H and O–H groups in total. The average molecular weight is 417 g/mol. The Balaban J connectivity index is 2.03. The number of hydrogen-bond donors (Lipinski definition) is 1. The van der Waals surface area contributed by atoms with Crippen LogP contribution in [0.1, 0.15) is 23.2 Å². The summed E-state index contributed by atoms with van der Waals surface area (Å²) in [5, 5.41) is 14.3. The van der Waals surface area contributed by atoms with Crippen molar-refractivity contribution in [2.24, 2.45) is 0 Å². The van der Waals surface area contributed by atoms with E-state index in [4.69, 9.17) is 14.2 Å². The lowest BCUT2D eigenvalue weighted by atomic mass is 10.1. The number of carbonyl (C=O) groups is 1. The number of rotatable bonds is 11. The van der Waals surface area contributed by atoms with Crippen LogP contribution in [0.5, 0.6) is 17.2 Å². The van der Waals surface area contributed by atoms with Crippen LogP contribution in [0.15, 0.2) is 36.4 Å². The molecular formula is C21H27N3O6. The van der Waals surface area contributed by atoms with E-state index in [1.165, 1.54) is 27.4 Å². The molecule has 0 saturated carbocycles. The SMILES string of the molecule is COc1cc(C(=O)NCCCCN(C)c2ccccc2)c([N+](=O)[O-])c(OC)c1OC. The zero-order valence-electron chi connectivity index (χ0n) is 17.6. The third kappa shape index (κ3) is 5.31. The summed E-state index contributed by atoms with van der Waals surface area (Å²) in [4.78, 5) is 25.7. The largest absolute Gasteiger partial charge is 0.493 e. The highest BCUT2D eigenvalue weighted by Gasteiger charge is 2.32. The molecule has 2 aromatic carbocycles. The monoisotopic (exact) mass is 417 g/mol. The summed E-state index contributed by atoms with van der Waals surface area (Å²) in [7, 11) is 6.01. The quantitative estimate of drug-likeness (QED) is 0.340. The van der Waals surface area contributed by atoms with Gasteiger partial charge in [0.15, 0.2) is 5.75 Å². The number of nitrogens with zero attached hydrogens (tertiary/aromatic N) is 2. The van der Waals surface area contributed by atoms with Crippen molar-refractivity contribution in [1.29, 1.82) is 0 Å². The van der Waals surface area contributed by atoms with Crippen molar-refractivity contribution in [3.8, 4) is 17.2 Å². The highest BCUT2D eigenvalue weighted by atomic mass is 16.6. The lowest BCUT2D eigenvalue weighted by Crippen LogP contribution is -2.26. The molecule has 162 valence electrons. The van der Waals surface area contributed by atoms with Crippen molar-refractivity contribution in [3.05, 3.63) is 52.1 Å². The molecule has 9 nitrogen and oxygen atoms in total. The van der Waals surface area contributed by atoms with Crippen LogP contribution in [0.4, 0.5) is 11.4 Å². The molecule has 9 heteroatoms. The molecule has 0 unspecified atom stereocenters. The number of para-hydroxylation sites is 1. The van der Waals surface area contributed by atoms with E-state index in [9.17, 15) is 14.9 Å². The summed E-state index contributed by atoms with van der Waals surface area (Å²) in [5.74, 6) is -0.490. The van der Waals surface area contributed by atoms with E-state index in [-0.39, 0.29) is 22.8 Å². The highest BCUT2D eigenvalue weighted by Crippen LogP contribution is 2.46. The van der Waals surface area contributed by atoms with Gasteiger partial charge in [-0.3, -0.25) is 14.9 Å². The van der Waals surface area contributed by atoms with E-state index >= 15 is 0 Å². The van der Waals surface area contributed by atoms with E-state index in [0.29, 0.717) is 6.54 Å². The van der Waals surface area contributed by atoms with Gasteiger partial charge in [0.2, 0.25) is 11.5 Å². The summed E-state index contributed by atoms with van der Waals surface area (Å²) in [6, 6.07) is 11.3. The molecule has 1 amide bonds. The van der Waals surface area contributed by atoms with Gasteiger partial charge in [-0.05, 0) is 25.0 Å². The van der Waals surface area contributed by atoms with Gasteiger partial charge < -0.3 is 24.4 Å². The molecule has 0 bridgehead atoms. The number of anilines is 1. The smallest absolute Gasteiger partial charge is 0.327 e. The van der Waals surface area contributed by atoms with Crippen molar-refractivity contribution < 1.29 is 23.9 Å². The minimum Gasteiger partial charge on any atom is -0.493 e. The Kier molecular flexibility index (Phi) is 8.28. The lowest BCUT2D eigenvalue weighted by Gasteiger charge is -2.19. The van der Waals surface area contributed by atoms with Crippen LogP contribution in [0.25, 0.3) is 0 Å². The molecule has 0 aliphatic rings. The second-order valence-electron chi connectivity index (χ2n) is 6.52. The third-order valence-electron chi connectivity index (χ3n) is 4.63. The molecule has 2 aromatic rings. The van der Waals surface area contributed by atoms with Crippen molar-refractivity contribution in [2.45, 2.75) is 12.8 Å². The molecule has 0 fully saturated rings. The topological polar surface area (TPSA) is 103 Å². The minimum absolute atomic E-state index is 0.0622. The lowest BCUT2D eigenvalue weighted by molar-refractivity contribution is -0.386. The zero-order chi connectivity index (χ0) is 22.1. The van der Waals surface area contributed by atoms with Gasteiger partial charge in [0.05, 0.1) is 26.3 Å². The number of ether oxygens (including phenoxy) is 3. The summed E-state index contributed by atoms with van der Waals surface area (Å²) in [6.45, 7) is 1.21. The fourth-order valence-electron chi connectivity index (χ4n) is 3.08. The van der Waals surface area contributed by atoms with Gasteiger partial charge in [0.25, 0.3) is 5.91 Å². The van der Waals surface area contributed by atoms with Crippen LogP contribution in [0.2, 0.25) is 0 Å². The Bertz CT molecular complexity index is 873. The van der Waals surface area contributed by atoms with Crippen molar-refractivity contribution in [3.63, 3.8) is 0 Å². The molecule has 0 saturated heterocycles. The van der Waals surface area contributed by atoms with Crippen LogP contribution in [0, 0.1) is 10.1 Å². The fraction of sp³-hybridized carbons (Fsp3) is 0.381. The van der Waals surface area contributed by atoms with Crippen LogP contribution in [-0.4, -0.2) is 52.3 Å². The predicted octanol–water partition coefficient (Wildman–Crippen LogP) is 3.27. The Hall–Kier alpha value is -3.49. The molecule has 30 heavy (non-hydrogen) atoms. The second-order valence-corrected chi connectivity index (χ2v) is 6.52. The van der Waals surface area contributed by atoms with Crippen molar-refractivity contribution in [1.82, 2.24) is 5.32 Å². The van der Waals surface area contributed by atoms with Crippen LogP contribution < -0.4 is 24.4 Å². The molecule has 0 aromatic heterocycles. The van der Waals surface area contributed by atoms with Gasteiger partial charge in [0, 0.05) is 31.9 Å². The first kappa shape index (κ1) is 22.8. The van der Waals surface area contributed by atoms with E-state index in [0.717, 1.165) is 25.1 Å². The van der Waals surface area contributed by atoms with E-state index in [1.807, 2.05) is 37.4 Å². The number of hydrogen-bond acceptors (Lipinski definition) is 7. The van der Waals surface area contributed by atoms with Gasteiger partial charge in [-0.1, -0.05) is 18.2 Å². The normalized spacial score (nSPS) is 10.3. The molecular weight excluding hydrogens is 390 g/mol. The predicted molar refractivity (Wildman–Crippen MR) is 114 cm³/mol. The maximum Gasteiger partial charge on any atom is 0.327 e. The minimum atomic E-state index is -0.662. The van der Waals surface area contributed by atoms with Crippen LogP contribution >= 0.6 is 0 Å². The first-order valence-corrected chi connectivity index (χ1v) is 9.46. The van der Waals surface area contributed by atoms with Crippen molar-refractivity contribution in [2.75, 3.05) is 46.4 Å². The van der Waals surface area contributed by atoms with Gasteiger partial charge in [-0.2, -0.15) is 0 Å². The summed E-state index contributed by atoms with van der Waals surface area (Å²) in [6.07, 6.45) is 1.57. The standard InChI is InChI=1S/C21H27N3O6/c1-23(15-10-6-5-7-11-15)13-9-8-12-22-21(25)16-14-17(28-2)19(29-3)20(30-4)18(16)24(26)27/h5-7,10-11,14H,8-9,12-13H2,1-4H3,(H,22,25). The number of unbranched alkanes of at least 4 members (excludes halogenated alkanes) is 1. The molecule has 0 aliphatic heterocycles.